The molecule has 0 N–H and O–H groups in total. The van der Waals surface area contributed by atoms with Crippen LogP contribution >= 0.6 is 24.8 Å². The summed E-state index contributed by atoms with van der Waals surface area (Å²) in [6.45, 7) is 4.96. The molecule has 0 saturated carbocycles. The second-order valence-corrected chi connectivity index (χ2v) is 12.7. The van der Waals surface area contributed by atoms with Gasteiger partial charge in [-0.2, -0.15) is 0 Å². The third kappa shape index (κ3) is 4.81. The minimum atomic E-state index is -0.726. The van der Waals surface area contributed by atoms with Crippen molar-refractivity contribution in [2.45, 2.75) is 32.9 Å². The van der Waals surface area contributed by atoms with Crippen LogP contribution in [0.2, 0.25) is 0 Å². The molecular formula is C26H30Cl2InN2Zr. The molecule has 2 unspecified atom stereocenters. The molecule has 2 aliphatic heterocycles. The molecule has 2 saturated heterocycles. The molecule has 4 aliphatic rings. The Morgan fingerprint density at radius 3 is 1.38 bits per heavy atom. The van der Waals surface area contributed by atoms with Gasteiger partial charge >= 0.3 is 186 Å². The number of fused-ring (bicyclic) bond motifs is 2. The predicted octanol–water partition coefficient (Wildman–Crippen LogP) is 5.91. The molecule has 6 heteroatoms. The van der Waals surface area contributed by atoms with Crippen molar-refractivity contribution in [1.29, 1.82) is 0 Å². The monoisotopic (exact) mass is 645 g/mol. The second kappa shape index (κ2) is 11.5. The number of benzene rings is 2. The normalized spacial score (nSPS) is 22.8. The van der Waals surface area contributed by atoms with Crippen LogP contribution in [0, 0.1) is 0 Å². The number of halogens is 2. The van der Waals surface area contributed by atoms with Gasteiger partial charge in [0.1, 0.15) is 0 Å². The number of allylic oxidation sites excluding steroid dienone is 2. The van der Waals surface area contributed by atoms with Crippen molar-refractivity contribution in [1.82, 2.24) is 9.80 Å². The molecule has 3 radical (unpaired) electrons. The molecule has 0 aromatic heterocycles. The number of rotatable bonds is 4. The van der Waals surface area contributed by atoms with E-state index in [2.05, 4.69) is 70.5 Å². The number of likely N-dealkylation sites (tertiary alicyclic amines) is 2. The van der Waals surface area contributed by atoms with E-state index in [9.17, 15) is 0 Å². The molecule has 2 nitrogen and oxygen atoms in total. The average Bonchev–Trinajstić information content (AvgIpc) is 3.55. The number of hydrogen-bond donors (Lipinski definition) is 0. The zero-order valence-electron chi connectivity index (χ0n) is 18.4. The Balaban J connectivity index is 0.000000963. The fraction of sp³-hybridized carbons (Fsp3) is 0.385. The zero-order valence-corrected chi connectivity index (χ0v) is 25.8. The van der Waals surface area contributed by atoms with E-state index >= 15 is 0 Å². The molecule has 0 spiro atoms. The maximum atomic E-state index is 2.66. The van der Waals surface area contributed by atoms with E-state index in [0.29, 0.717) is 7.25 Å². The fourth-order valence-corrected chi connectivity index (χ4v) is 9.93. The minimum absolute atomic E-state index is 0. The molecule has 0 bridgehead atoms. The third-order valence-corrected chi connectivity index (χ3v) is 11.2. The summed E-state index contributed by atoms with van der Waals surface area (Å²) in [5, 5.41) is 0. The van der Waals surface area contributed by atoms with Crippen LogP contribution in [0.25, 0.3) is 11.4 Å². The summed E-state index contributed by atoms with van der Waals surface area (Å²) in [6, 6.07) is 18.5. The maximum absolute atomic E-state index is 2.66. The first-order valence-corrected chi connectivity index (χ1v) is 14.1. The molecule has 2 heterocycles. The first kappa shape index (κ1) is 26.5. The van der Waals surface area contributed by atoms with E-state index in [1.807, 2.05) is 0 Å². The van der Waals surface area contributed by atoms with Crippen LogP contribution in [0.5, 0.6) is 0 Å². The van der Waals surface area contributed by atoms with Gasteiger partial charge in [-0.05, 0) is 0 Å². The summed E-state index contributed by atoms with van der Waals surface area (Å²) in [7, 11) is 0. The third-order valence-electron chi connectivity index (χ3n) is 7.05. The topological polar surface area (TPSA) is 6.48 Å². The molecule has 2 aliphatic carbocycles. The number of hydrogen-bond acceptors (Lipinski definition) is 2. The molecular weight excluding hydrogens is 617 g/mol. The van der Waals surface area contributed by atoms with Crippen LogP contribution in [-0.2, 0) is 23.2 Å². The van der Waals surface area contributed by atoms with Gasteiger partial charge in [0.25, 0.3) is 0 Å². The van der Waals surface area contributed by atoms with Crippen molar-refractivity contribution in [2.75, 3.05) is 26.2 Å². The first-order valence-electron chi connectivity index (χ1n) is 11.3. The van der Waals surface area contributed by atoms with E-state index in [1.165, 1.54) is 63.0 Å². The Morgan fingerprint density at radius 2 is 0.969 bits per heavy atom. The van der Waals surface area contributed by atoms with Crippen molar-refractivity contribution in [3.8, 4) is 0 Å². The minimum Gasteiger partial charge on any atom is -0.147 e. The second-order valence-electron chi connectivity index (χ2n) is 8.79. The van der Waals surface area contributed by atoms with E-state index in [1.54, 1.807) is 22.5 Å². The first-order chi connectivity index (χ1) is 14.4. The van der Waals surface area contributed by atoms with E-state index in [4.69, 9.17) is 0 Å². The van der Waals surface area contributed by atoms with E-state index in [-0.39, 0.29) is 50.7 Å². The van der Waals surface area contributed by atoms with E-state index in [0.717, 1.165) is 0 Å². The van der Waals surface area contributed by atoms with Gasteiger partial charge < -0.3 is 0 Å². The molecule has 32 heavy (non-hydrogen) atoms. The van der Waals surface area contributed by atoms with Crippen molar-refractivity contribution in [2.24, 2.45) is 0 Å². The Bertz CT molecular complexity index is 917. The van der Waals surface area contributed by atoms with Crippen LogP contribution in [-0.4, -0.2) is 61.8 Å². The van der Waals surface area contributed by atoms with Gasteiger partial charge in [-0.15, -0.1) is 24.8 Å². The van der Waals surface area contributed by atoms with Crippen LogP contribution in [0.4, 0.5) is 0 Å². The van der Waals surface area contributed by atoms with Gasteiger partial charge in [-0.25, -0.2) is 0 Å². The molecule has 0 amide bonds. The van der Waals surface area contributed by atoms with Crippen molar-refractivity contribution in [3.05, 3.63) is 82.9 Å². The summed E-state index contributed by atoms with van der Waals surface area (Å²) in [6.07, 6.45) is 10.7. The molecule has 2 atom stereocenters. The smallest absolute Gasteiger partial charge is 0 e. The van der Waals surface area contributed by atoms with Crippen LogP contribution in [0.15, 0.2) is 60.7 Å². The molecule has 2 fully saturated rings. The standard InChI is InChI=1S/2C13H14N.2ClH.In.Zr/c2*1-2-6-12-11(5-1)7-8-13(12)14-9-3-4-10-14;;;;/h2*1-2,5-8H,3-4,9-10H2;2*1H;;. The van der Waals surface area contributed by atoms with Crippen molar-refractivity contribution >= 4 is 62.1 Å². The summed E-state index contributed by atoms with van der Waals surface area (Å²) in [5.41, 5.74) is 9.35. The molecule has 165 valence electrons. The molecule has 2 aromatic carbocycles. The Labute approximate surface area is 235 Å². The largest absolute Gasteiger partial charge is 0.147 e. The Kier molecular flexibility index (Phi) is 9.53. The van der Waals surface area contributed by atoms with Crippen LogP contribution in [0.1, 0.15) is 55.2 Å². The summed E-state index contributed by atoms with van der Waals surface area (Å²) < 4.78 is 1.38. The molecule has 2 aromatic rings. The van der Waals surface area contributed by atoms with Gasteiger partial charge in [-0.3, -0.25) is 0 Å². The van der Waals surface area contributed by atoms with Gasteiger partial charge in [0, 0.05) is 25.8 Å². The van der Waals surface area contributed by atoms with Crippen LogP contribution < -0.4 is 0 Å². The summed E-state index contributed by atoms with van der Waals surface area (Å²) in [5.74, 6) is 0. The fourth-order valence-electron chi connectivity index (χ4n) is 5.61. The average molecular weight is 647 g/mol. The Hall–Kier alpha value is -0.147. The van der Waals surface area contributed by atoms with Crippen molar-refractivity contribution < 1.29 is 23.2 Å². The maximum Gasteiger partial charge on any atom is 0 e. The van der Waals surface area contributed by atoms with Gasteiger partial charge in [0.15, 0.2) is 0 Å². The zero-order chi connectivity index (χ0) is 19.2. The van der Waals surface area contributed by atoms with Crippen LogP contribution in [0.3, 0.4) is 0 Å². The number of nitrogens with zero attached hydrogens (tertiary/aromatic N) is 2. The quantitative estimate of drug-likeness (QED) is 0.407. The molecule has 6 rings (SSSR count). The van der Waals surface area contributed by atoms with Gasteiger partial charge in [0.2, 0.25) is 0 Å². The SMILES string of the molecule is C1=C(N2CCCC2)c2ccccc2[CH]1[Zr][CH]1C=C(N2CCCC2)c2ccccc21.Cl.Cl.[In]. The Morgan fingerprint density at radius 1 is 0.594 bits per heavy atom. The summed E-state index contributed by atoms with van der Waals surface area (Å²) in [4.78, 5) is 5.29. The van der Waals surface area contributed by atoms with Gasteiger partial charge in [-0.1, -0.05) is 0 Å². The van der Waals surface area contributed by atoms with E-state index < -0.39 is 23.2 Å². The van der Waals surface area contributed by atoms with Crippen molar-refractivity contribution in [3.63, 3.8) is 0 Å². The van der Waals surface area contributed by atoms with Gasteiger partial charge in [0.05, 0.1) is 0 Å². The summed E-state index contributed by atoms with van der Waals surface area (Å²) >= 11 is -0.726. The predicted molar refractivity (Wildman–Crippen MR) is 136 cm³/mol.